The molecule has 0 spiro atoms. The van der Waals surface area contributed by atoms with E-state index in [1.165, 1.54) is 20.1 Å². The highest BCUT2D eigenvalue weighted by atomic mass is 19.1. The summed E-state index contributed by atoms with van der Waals surface area (Å²) in [6.07, 6.45) is 2.51. The number of fused-ring (bicyclic) bond motifs is 1. The van der Waals surface area contributed by atoms with Crippen molar-refractivity contribution in [1.82, 2.24) is 30.2 Å². The van der Waals surface area contributed by atoms with Gasteiger partial charge in [-0.2, -0.15) is 5.10 Å². The maximum Gasteiger partial charge on any atom is 0.270 e. The van der Waals surface area contributed by atoms with E-state index in [0.717, 1.165) is 10.7 Å². The van der Waals surface area contributed by atoms with Gasteiger partial charge in [-0.25, -0.2) is 13.9 Å². The lowest BCUT2D eigenvalue weighted by molar-refractivity contribution is -0.114. The number of pyridine rings is 1. The average molecular weight is 491 g/mol. The number of methoxy groups -OCH3 is 1. The molecule has 0 saturated heterocycles. The third-order valence-electron chi connectivity index (χ3n) is 5.08. The molecule has 0 aliphatic carbocycles. The van der Waals surface area contributed by atoms with Gasteiger partial charge in [-0.1, -0.05) is 12.1 Å². The lowest BCUT2D eigenvalue weighted by Crippen LogP contribution is -2.28. The molecule has 0 atom stereocenters. The normalized spacial score (nSPS) is 10.6. The van der Waals surface area contributed by atoms with Gasteiger partial charge in [0.15, 0.2) is 11.5 Å². The smallest absolute Gasteiger partial charge is 0.270 e. The molecule has 3 N–H and O–H groups in total. The van der Waals surface area contributed by atoms with E-state index < -0.39 is 17.6 Å². The Labute approximate surface area is 204 Å². The Kier molecular flexibility index (Phi) is 7.14. The fourth-order valence-electron chi connectivity index (χ4n) is 3.40. The number of benzene rings is 1. The zero-order valence-electron chi connectivity index (χ0n) is 19.4. The minimum atomic E-state index is -0.779. The molecule has 3 heterocycles. The Morgan fingerprint density at radius 3 is 2.58 bits per heavy atom. The minimum absolute atomic E-state index is 0.0672. The van der Waals surface area contributed by atoms with Crippen LogP contribution < -0.4 is 20.7 Å². The monoisotopic (exact) mass is 491 g/mol. The Bertz CT molecular complexity index is 1440. The summed E-state index contributed by atoms with van der Waals surface area (Å²) < 4.78 is 20.5. The lowest BCUT2D eigenvalue weighted by atomic mass is 10.1. The second kappa shape index (κ2) is 10.6. The molecule has 0 radical (unpaired) electrons. The Balaban J connectivity index is 1.54. The first-order chi connectivity index (χ1) is 17.4. The molecule has 0 unspecified atom stereocenters. The largest absolute Gasteiger partial charge is 0.495 e. The molecule has 36 heavy (non-hydrogen) atoms. The number of nitrogens with zero attached hydrogens (tertiary/aromatic N) is 4. The van der Waals surface area contributed by atoms with E-state index in [1.807, 2.05) is 0 Å². The topological polar surface area (TPSA) is 140 Å². The fourth-order valence-corrected chi connectivity index (χ4v) is 3.40. The zero-order valence-corrected chi connectivity index (χ0v) is 19.4. The van der Waals surface area contributed by atoms with Crippen LogP contribution in [-0.4, -0.2) is 44.4 Å². The third-order valence-corrected chi connectivity index (χ3v) is 5.08. The molecular weight excluding hydrogens is 469 g/mol. The molecular formula is C24H22FN7O4. The Morgan fingerprint density at radius 2 is 1.86 bits per heavy atom. The van der Waals surface area contributed by atoms with E-state index in [9.17, 15) is 18.8 Å². The van der Waals surface area contributed by atoms with Crippen molar-refractivity contribution in [1.29, 1.82) is 0 Å². The number of nitrogens with one attached hydrogen (secondary N) is 3. The highest BCUT2D eigenvalue weighted by Crippen LogP contribution is 2.25. The van der Waals surface area contributed by atoms with Crippen LogP contribution in [0.25, 0.3) is 5.65 Å². The summed E-state index contributed by atoms with van der Waals surface area (Å²) in [5.41, 5.74) is 1.24. The maximum absolute atomic E-state index is 14.3. The first-order valence-corrected chi connectivity index (χ1v) is 10.8. The quantitative estimate of drug-likeness (QED) is 0.343. The van der Waals surface area contributed by atoms with Gasteiger partial charge in [-0.05, 0) is 29.8 Å². The van der Waals surface area contributed by atoms with Gasteiger partial charge in [-0.3, -0.25) is 19.4 Å². The molecule has 184 valence electrons. The van der Waals surface area contributed by atoms with Crippen LogP contribution in [0.1, 0.15) is 39.2 Å². The Morgan fingerprint density at radius 1 is 1.06 bits per heavy atom. The van der Waals surface area contributed by atoms with Gasteiger partial charge in [-0.15, -0.1) is 0 Å². The second-order valence-electron chi connectivity index (χ2n) is 7.66. The fraction of sp³-hybridized carbons (Fsp3) is 0.167. The summed E-state index contributed by atoms with van der Waals surface area (Å²) in [7, 11) is 1.48. The van der Waals surface area contributed by atoms with Gasteiger partial charge < -0.3 is 20.7 Å². The van der Waals surface area contributed by atoms with Crippen molar-refractivity contribution in [3.05, 3.63) is 83.3 Å². The number of amides is 3. The number of halogens is 1. The van der Waals surface area contributed by atoms with Crippen LogP contribution in [0.4, 0.5) is 10.1 Å². The van der Waals surface area contributed by atoms with Gasteiger partial charge in [0.25, 0.3) is 11.8 Å². The van der Waals surface area contributed by atoms with Gasteiger partial charge in [0, 0.05) is 25.7 Å². The summed E-state index contributed by atoms with van der Waals surface area (Å²) in [5, 5.41) is 11.9. The number of anilines is 1. The summed E-state index contributed by atoms with van der Waals surface area (Å²) in [5.74, 6) is -1.80. The molecule has 12 heteroatoms. The number of ether oxygens (including phenoxy) is 1. The second-order valence-corrected chi connectivity index (χ2v) is 7.66. The summed E-state index contributed by atoms with van der Waals surface area (Å²) in [6, 6.07) is 11.5. The molecule has 0 fully saturated rings. The highest BCUT2D eigenvalue weighted by Gasteiger charge is 2.20. The van der Waals surface area contributed by atoms with Crippen molar-refractivity contribution in [2.75, 3.05) is 12.4 Å². The van der Waals surface area contributed by atoms with Crippen molar-refractivity contribution in [2.24, 2.45) is 0 Å². The predicted molar refractivity (Wildman–Crippen MR) is 127 cm³/mol. The van der Waals surface area contributed by atoms with E-state index in [0.29, 0.717) is 22.7 Å². The van der Waals surface area contributed by atoms with Crippen molar-refractivity contribution in [3.63, 3.8) is 0 Å². The van der Waals surface area contributed by atoms with Crippen molar-refractivity contribution >= 4 is 29.1 Å². The van der Waals surface area contributed by atoms with Crippen molar-refractivity contribution in [2.45, 2.75) is 20.0 Å². The predicted octanol–water partition coefficient (Wildman–Crippen LogP) is 2.09. The van der Waals surface area contributed by atoms with Crippen LogP contribution >= 0.6 is 0 Å². The van der Waals surface area contributed by atoms with Crippen LogP contribution in [0.15, 0.2) is 54.9 Å². The molecule has 11 nitrogen and oxygen atoms in total. The number of rotatable bonds is 8. The Hall–Kier alpha value is -4.87. The minimum Gasteiger partial charge on any atom is -0.495 e. The number of carbonyl (C=O) groups excluding carboxylic acids is 3. The van der Waals surface area contributed by atoms with Crippen molar-refractivity contribution < 1.29 is 23.5 Å². The summed E-state index contributed by atoms with van der Waals surface area (Å²) in [6.45, 7) is 1.57. The average Bonchev–Trinajstić information content (AvgIpc) is 3.26. The molecule has 0 saturated carbocycles. The van der Waals surface area contributed by atoms with E-state index in [1.54, 1.807) is 42.6 Å². The van der Waals surface area contributed by atoms with Gasteiger partial charge in [0.05, 0.1) is 31.2 Å². The molecule has 0 bridgehead atoms. The standard InChI is InChI=1S/C24H22FN7O4/c1-14(33)30-18-9-15(6-7-21(18)36-2)11-27-23(34)19-10-20(32-22(31-19)17(25)13-29-32)24(35)28-12-16-5-3-4-8-26-16/h3-10,13H,11-12H2,1-2H3,(H,27,34)(H,28,35)(H,30,33). The number of hydrogen-bond acceptors (Lipinski definition) is 7. The van der Waals surface area contributed by atoms with Crippen molar-refractivity contribution in [3.8, 4) is 5.75 Å². The SMILES string of the molecule is COc1ccc(CNC(=O)c2cc(C(=O)NCc3ccccn3)n3ncc(F)c3n2)cc1NC(C)=O. The van der Waals surface area contributed by atoms with Crippen LogP contribution in [-0.2, 0) is 17.9 Å². The van der Waals surface area contributed by atoms with E-state index in [2.05, 4.69) is 31.0 Å². The zero-order chi connectivity index (χ0) is 25.7. The molecule has 4 aromatic rings. The van der Waals surface area contributed by atoms with Gasteiger partial charge in [0.1, 0.15) is 17.1 Å². The number of hydrogen-bond donors (Lipinski definition) is 3. The van der Waals surface area contributed by atoms with Crippen LogP contribution in [0.3, 0.4) is 0 Å². The van der Waals surface area contributed by atoms with Crippen LogP contribution in [0.5, 0.6) is 5.75 Å². The van der Waals surface area contributed by atoms with Crippen LogP contribution in [0, 0.1) is 5.82 Å². The molecule has 1 aromatic carbocycles. The number of aromatic nitrogens is 4. The number of carbonyl (C=O) groups is 3. The first kappa shape index (κ1) is 24.3. The van der Waals surface area contributed by atoms with Crippen LogP contribution in [0.2, 0.25) is 0 Å². The van der Waals surface area contributed by atoms with E-state index >= 15 is 0 Å². The summed E-state index contributed by atoms with van der Waals surface area (Å²) >= 11 is 0. The molecule has 3 amide bonds. The van der Waals surface area contributed by atoms with Gasteiger partial charge >= 0.3 is 0 Å². The molecule has 0 aliphatic heterocycles. The summed E-state index contributed by atoms with van der Waals surface area (Å²) in [4.78, 5) is 45.4. The van der Waals surface area contributed by atoms with E-state index in [4.69, 9.17) is 4.74 Å². The molecule has 0 aliphatic rings. The first-order valence-electron chi connectivity index (χ1n) is 10.8. The molecule has 4 rings (SSSR count). The lowest BCUT2D eigenvalue weighted by Gasteiger charge is -2.12. The molecule has 3 aromatic heterocycles. The van der Waals surface area contributed by atoms with Gasteiger partial charge in [0.2, 0.25) is 5.91 Å². The third kappa shape index (κ3) is 5.43. The highest BCUT2D eigenvalue weighted by molar-refractivity contribution is 5.98. The maximum atomic E-state index is 14.3. The van der Waals surface area contributed by atoms with E-state index in [-0.39, 0.29) is 36.0 Å².